The number of aliphatic carboxylic acids is 1. The average Bonchev–Trinajstić information content (AvgIpc) is 3.09. The van der Waals surface area contributed by atoms with Crippen molar-refractivity contribution in [3.05, 3.63) is 52.2 Å². The standard InChI is InChI=1S/C19H22N2O3S/c1-2-16-15-9-11-25-17(15)8-10-21(16)18(22)12-20(13-19(23)24)14-6-4-3-5-7-14/h3-7,9,11,16H,2,8,10,12-13H2,1H3,(H,23,24). The van der Waals surface area contributed by atoms with E-state index in [0.29, 0.717) is 6.54 Å². The van der Waals surface area contributed by atoms with Crippen molar-refractivity contribution in [3.63, 3.8) is 0 Å². The van der Waals surface area contributed by atoms with E-state index in [0.717, 1.165) is 18.5 Å². The second-order valence-corrected chi connectivity index (χ2v) is 7.15. The van der Waals surface area contributed by atoms with E-state index in [1.807, 2.05) is 35.2 Å². The van der Waals surface area contributed by atoms with Gasteiger partial charge in [0.25, 0.3) is 0 Å². The molecule has 25 heavy (non-hydrogen) atoms. The van der Waals surface area contributed by atoms with E-state index in [1.54, 1.807) is 16.2 Å². The Morgan fingerprint density at radius 2 is 2.00 bits per heavy atom. The maximum absolute atomic E-state index is 13.0. The number of carbonyl (C=O) groups excluding carboxylic acids is 1. The Hall–Kier alpha value is -2.34. The van der Waals surface area contributed by atoms with Gasteiger partial charge < -0.3 is 14.9 Å². The molecule has 5 nitrogen and oxygen atoms in total. The van der Waals surface area contributed by atoms with E-state index >= 15 is 0 Å². The zero-order valence-electron chi connectivity index (χ0n) is 14.2. The molecular weight excluding hydrogens is 336 g/mol. The molecule has 1 unspecified atom stereocenters. The molecule has 0 aliphatic carbocycles. The molecule has 1 amide bonds. The minimum absolute atomic E-state index is 0.0196. The largest absolute Gasteiger partial charge is 0.480 e. The van der Waals surface area contributed by atoms with Crippen molar-refractivity contribution in [2.24, 2.45) is 0 Å². The number of carbonyl (C=O) groups is 2. The lowest BCUT2D eigenvalue weighted by Crippen LogP contribution is -2.46. The summed E-state index contributed by atoms with van der Waals surface area (Å²) in [6.45, 7) is 2.67. The van der Waals surface area contributed by atoms with E-state index in [-0.39, 0.29) is 25.0 Å². The molecule has 6 heteroatoms. The number of hydrogen-bond donors (Lipinski definition) is 1. The maximum Gasteiger partial charge on any atom is 0.323 e. The molecule has 1 aliphatic rings. The van der Waals surface area contributed by atoms with Gasteiger partial charge >= 0.3 is 5.97 Å². The Morgan fingerprint density at radius 1 is 1.24 bits per heavy atom. The average molecular weight is 358 g/mol. The maximum atomic E-state index is 13.0. The molecule has 0 radical (unpaired) electrons. The van der Waals surface area contributed by atoms with Gasteiger partial charge in [0.1, 0.15) is 6.54 Å². The fourth-order valence-electron chi connectivity index (χ4n) is 3.43. The molecular formula is C19H22N2O3S. The summed E-state index contributed by atoms with van der Waals surface area (Å²) in [6.07, 6.45) is 1.74. The van der Waals surface area contributed by atoms with E-state index < -0.39 is 5.97 Å². The molecule has 1 atom stereocenters. The van der Waals surface area contributed by atoms with Crippen LogP contribution in [0.5, 0.6) is 0 Å². The van der Waals surface area contributed by atoms with Gasteiger partial charge in [0, 0.05) is 17.1 Å². The van der Waals surface area contributed by atoms with Crippen LogP contribution in [0.2, 0.25) is 0 Å². The van der Waals surface area contributed by atoms with Gasteiger partial charge in [0.15, 0.2) is 0 Å². The predicted molar refractivity (Wildman–Crippen MR) is 99.1 cm³/mol. The van der Waals surface area contributed by atoms with E-state index in [4.69, 9.17) is 0 Å². The van der Waals surface area contributed by atoms with Crippen molar-refractivity contribution in [1.29, 1.82) is 0 Å². The summed E-state index contributed by atoms with van der Waals surface area (Å²) in [4.78, 5) is 29.1. The first kappa shape index (κ1) is 17.5. The first-order valence-electron chi connectivity index (χ1n) is 8.47. The third-order valence-corrected chi connectivity index (χ3v) is 5.57. The van der Waals surface area contributed by atoms with E-state index in [2.05, 4.69) is 18.4 Å². The Balaban J connectivity index is 1.78. The SMILES string of the molecule is CCC1c2ccsc2CCN1C(=O)CN(CC(=O)O)c1ccccc1. The van der Waals surface area contributed by atoms with Crippen LogP contribution in [0.3, 0.4) is 0 Å². The number of nitrogens with zero attached hydrogens (tertiary/aromatic N) is 2. The van der Waals surface area contributed by atoms with Gasteiger partial charge in [-0.2, -0.15) is 0 Å². The van der Waals surface area contributed by atoms with Gasteiger partial charge in [-0.1, -0.05) is 25.1 Å². The second kappa shape index (κ2) is 7.70. The minimum atomic E-state index is -0.942. The topological polar surface area (TPSA) is 60.9 Å². The summed E-state index contributed by atoms with van der Waals surface area (Å²) in [6, 6.07) is 11.4. The number of carboxylic acid groups (broad SMARTS) is 1. The van der Waals surface area contributed by atoms with Crippen molar-refractivity contribution in [3.8, 4) is 0 Å². The fourth-order valence-corrected chi connectivity index (χ4v) is 4.36. The summed E-state index contributed by atoms with van der Waals surface area (Å²) < 4.78 is 0. The number of thiophene rings is 1. The summed E-state index contributed by atoms with van der Waals surface area (Å²) >= 11 is 1.75. The molecule has 0 bridgehead atoms. The molecule has 1 aliphatic heterocycles. The Labute approximate surface area is 151 Å². The lowest BCUT2D eigenvalue weighted by Gasteiger charge is -2.37. The number of fused-ring (bicyclic) bond motifs is 1. The highest BCUT2D eigenvalue weighted by Crippen LogP contribution is 2.35. The van der Waals surface area contributed by atoms with Crippen LogP contribution in [-0.4, -0.2) is 41.5 Å². The zero-order valence-corrected chi connectivity index (χ0v) is 15.0. The van der Waals surface area contributed by atoms with Gasteiger partial charge in [-0.05, 0) is 42.0 Å². The smallest absolute Gasteiger partial charge is 0.323 e. The van der Waals surface area contributed by atoms with Crippen molar-refractivity contribution in [1.82, 2.24) is 4.90 Å². The van der Waals surface area contributed by atoms with E-state index in [1.165, 1.54) is 10.4 Å². The predicted octanol–water partition coefficient (Wildman–Crippen LogP) is 3.18. The van der Waals surface area contributed by atoms with Gasteiger partial charge in [0.2, 0.25) is 5.91 Å². The number of anilines is 1. The Morgan fingerprint density at radius 3 is 2.68 bits per heavy atom. The van der Waals surface area contributed by atoms with Crippen LogP contribution in [0.15, 0.2) is 41.8 Å². The van der Waals surface area contributed by atoms with Crippen LogP contribution >= 0.6 is 11.3 Å². The molecule has 0 fully saturated rings. The highest BCUT2D eigenvalue weighted by molar-refractivity contribution is 7.10. The summed E-state index contributed by atoms with van der Waals surface area (Å²) in [5.74, 6) is -0.962. The lowest BCUT2D eigenvalue weighted by molar-refractivity contribution is -0.135. The summed E-state index contributed by atoms with van der Waals surface area (Å²) in [7, 11) is 0. The molecule has 3 rings (SSSR count). The van der Waals surface area contributed by atoms with Crippen molar-refractivity contribution in [2.45, 2.75) is 25.8 Å². The van der Waals surface area contributed by atoms with Gasteiger partial charge in [0.05, 0.1) is 12.6 Å². The number of para-hydroxylation sites is 1. The molecule has 0 saturated heterocycles. The van der Waals surface area contributed by atoms with Gasteiger partial charge in [-0.25, -0.2) is 0 Å². The molecule has 1 aromatic heterocycles. The Bertz CT molecular complexity index is 744. The van der Waals surface area contributed by atoms with Crippen LogP contribution in [0.25, 0.3) is 0 Å². The number of carboxylic acids is 1. The summed E-state index contributed by atoms with van der Waals surface area (Å²) in [5, 5.41) is 11.3. The first-order chi connectivity index (χ1) is 12.1. The van der Waals surface area contributed by atoms with Crippen molar-refractivity contribution >= 4 is 28.9 Å². The van der Waals surface area contributed by atoms with Crippen molar-refractivity contribution < 1.29 is 14.7 Å². The fraction of sp³-hybridized carbons (Fsp3) is 0.368. The number of hydrogen-bond acceptors (Lipinski definition) is 4. The van der Waals surface area contributed by atoms with Crippen LogP contribution in [-0.2, 0) is 16.0 Å². The minimum Gasteiger partial charge on any atom is -0.480 e. The second-order valence-electron chi connectivity index (χ2n) is 6.15. The van der Waals surface area contributed by atoms with Gasteiger partial charge in [-0.3, -0.25) is 9.59 Å². The molecule has 0 saturated carbocycles. The normalized spacial score (nSPS) is 16.4. The van der Waals surface area contributed by atoms with Crippen molar-refractivity contribution in [2.75, 3.05) is 24.5 Å². The molecule has 2 aromatic rings. The monoisotopic (exact) mass is 358 g/mol. The van der Waals surface area contributed by atoms with Crippen LogP contribution < -0.4 is 4.90 Å². The third-order valence-electron chi connectivity index (χ3n) is 4.58. The molecule has 132 valence electrons. The zero-order chi connectivity index (χ0) is 17.8. The number of amides is 1. The molecule has 2 heterocycles. The number of benzene rings is 1. The third kappa shape index (κ3) is 3.85. The quantitative estimate of drug-likeness (QED) is 0.862. The first-order valence-corrected chi connectivity index (χ1v) is 9.35. The lowest BCUT2D eigenvalue weighted by atomic mass is 9.97. The Kier molecular flexibility index (Phi) is 5.38. The van der Waals surface area contributed by atoms with Gasteiger partial charge in [-0.15, -0.1) is 11.3 Å². The molecule has 0 spiro atoms. The summed E-state index contributed by atoms with van der Waals surface area (Å²) in [5.41, 5.74) is 2.00. The molecule has 1 aromatic carbocycles. The number of rotatable bonds is 6. The molecule has 1 N–H and O–H groups in total. The van der Waals surface area contributed by atoms with Crippen LogP contribution in [0.4, 0.5) is 5.69 Å². The highest BCUT2D eigenvalue weighted by atomic mass is 32.1. The van der Waals surface area contributed by atoms with Crippen LogP contribution in [0, 0.1) is 0 Å². The van der Waals surface area contributed by atoms with Crippen LogP contribution in [0.1, 0.15) is 29.8 Å². The highest BCUT2D eigenvalue weighted by Gasteiger charge is 2.31. The van der Waals surface area contributed by atoms with E-state index in [9.17, 15) is 14.7 Å².